The average Bonchev–Trinajstić information content (AvgIpc) is 2.59. The molecule has 0 saturated carbocycles. The molecule has 0 aromatic rings. The third-order valence-corrected chi connectivity index (χ3v) is 4.47. The van der Waals surface area contributed by atoms with E-state index in [1.165, 1.54) is 0 Å². The first-order chi connectivity index (χ1) is 12.3. The van der Waals surface area contributed by atoms with Gasteiger partial charge in [-0.3, -0.25) is 18.6 Å². The van der Waals surface area contributed by atoms with E-state index in [0.29, 0.717) is 6.42 Å². The normalized spacial score (nSPS) is 14.5. The molecule has 154 valence electrons. The zero-order valence-corrected chi connectivity index (χ0v) is 17.0. The molecule has 0 amide bonds. The van der Waals surface area contributed by atoms with Crippen LogP contribution in [0.2, 0.25) is 0 Å². The smallest absolute Gasteiger partial charge is 0.462 e. The molecule has 1 N–H and O–H groups in total. The molecular formula is C17H33O8P. The lowest BCUT2D eigenvalue weighted by molar-refractivity contribution is -0.161. The summed E-state index contributed by atoms with van der Waals surface area (Å²) in [4.78, 5) is 33.0. The predicted molar refractivity (Wildman–Crippen MR) is 96.5 cm³/mol. The van der Waals surface area contributed by atoms with Crippen molar-refractivity contribution in [3.05, 3.63) is 0 Å². The summed E-state index contributed by atoms with van der Waals surface area (Å²) in [6, 6.07) is 0. The Bertz CT molecular complexity index is 440. The van der Waals surface area contributed by atoms with E-state index in [0.717, 1.165) is 32.1 Å². The summed E-state index contributed by atoms with van der Waals surface area (Å²) in [6.45, 7) is 4.96. The van der Waals surface area contributed by atoms with Crippen molar-refractivity contribution in [2.75, 3.05) is 19.8 Å². The molecule has 26 heavy (non-hydrogen) atoms. The van der Waals surface area contributed by atoms with Gasteiger partial charge in [-0.25, -0.2) is 4.57 Å². The topological polar surface area (TPSA) is 108 Å². The summed E-state index contributed by atoms with van der Waals surface area (Å²) in [5, 5.41) is 0. The summed E-state index contributed by atoms with van der Waals surface area (Å²) in [5.74, 6) is -0.865. The molecule has 0 saturated heterocycles. The average molecular weight is 396 g/mol. The van der Waals surface area contributed by atoms with Gasteiger partial charge in [-0.15, -0.1) is 0 Å². The van der Waals surface area contributed by atoms with Crippen molar-refractivity contribution < 1.29 is 37.6 Å². The molecule has 0 aliphatic carbocycles. The van der Waals surface area contributed by atoms with Gasteiger partial charge in [-0.1, -0.05) is 39.5 Å². The largest absolute Gasteiger partial charge is 0.472 e. The van der Waals surface area contributed by atoms with Crippen molar-refractivity contribution in [1.82, 2.24) is 0 Å². The third kappa shape index (κ3) is 14.2. The maximum Gasteiger partial charge on any atom is 0.472 e. The van der Waals surface area contributed by atoms with Crippen LogP contribution in [-0.2, 0) is 32.7 Å². The number of ether oxygens (including phenoxy) is 2. The highest BCUT2D eigenvalue weighted by atomic mass is 31.2. The minimum Gasteiger partial charge on any atom is -0.462 e. The van der Waals surface area contributed by atoms with Crippen LogP contribution in [0.25, 0.3) is 0 Å². The number of rotatable bonds is 16. The monoisotopic (exact) mass is 396 g/mol. The van der Waals surface area contributed by atoms with Crippen LogP contribution in [0.15, 0.2) is 0 Å². The van der Waals surface area contributed by atoms with Crippen LogP contribution < -0.4 is 0 Å². The summed E-state index contributed by atoms with van der Waals surface area (Å²) in [7, 11) is -4.22. The van der Waals surface area contributed by atoms with Gasteiger partial charge in [0, 0.05) is 12.8 Å². The molecule has 0 fully saturated rings. The molecular weight excluding hydrogens is 363 g/mol. The summed E-state index contributed by atoms with van der Waals surface area (Å²) in [6.07, 6.45) is 4.87. The molecule has 0 rings (SSSR count). The number of hydrogen-bond acceptors (Lipinski definition) is 7. The highest BCUT2D eigenvalue weighted by Crippen LogP contribution is 2.43. The Kier molecular flexibility index (Phi) is 14.6. The zero-order valence-electron chi connectivity index (χ0n) is 16.1. The first kappa shape index (κ1) is 25.1. The zero-order chi connectivity index (χ0) is 19.8. The van der Waals surface area contributed by atoms with Crippen molar-refractivity contribution in [2.24, 2.45) is 0 Å². The maximum absolute atomic E-state index is 11.8. The lowest BCUT2D eigenvalue weighted by atomic mass is 10.2. The highest BCUT2D eigenvalue weighted by Gasteiger charge is 2.25. The molecule has 0 heterocycles. The summed E-state index contributed by atoms with van der Waals surface area (Å²) < 4.78 is 31.3. The predicted octanol–water partition coefficient (Wildman–Crippen LogP) is 3.76. The standard InChI is InChI=1S/C17H33O8P/c1-4-7-9-10-12-16(18)22-13-15(25-17(19)11-8-5-2)14-24-26(20,21)23-6-3/h15H,4-14H2,1-3H3,(H,20,21)/t15-/m1/s1. The number of phosphoric ester groups is 1. The fraction of sp³-hybridized carbons (Fsp3) is 0.882. The Morgan fingerprint density at radius 1 is 0.885 bits per heavy atom. The van der Waals surface area contributed by atoms with E-state index in [-0.39, 0.29) is 26.1 Å². The van der Waals surface area contributed by atoms with E-state index in [2.05, 4.69) is 11.4 Å². The molecule has 2 atom stereocenters. The molecule has 9 heteroatoms. The molecule has 0 bridgehead atoms. The number of unbranched alkanes of at least 4 members (excludes halogenated alkanes) is 4. The van der Waals surface area contributed by atoms with Crippen LogP contribution in [0.3, 0.4) is 0 Å². The second-order valence-electron chi connectivity index (χ2n) is 5.89. The molecule has 0 radical (unpaired) electrons. The second kappa shape index (κ2) is 15.1. The number of hydrogen-bond donors (Lipinski definition) is 1. The second-order valence-corrected chi connectivity index (χ2v) is 7.34. The van der Waals surface area contributed by atoms with Gasteiger partial charge in [0.1, 0.15) is 6.61 Å². The van der Waals surface area contributed by atoms with E-state index in [9.17, 15) is 19.0 Å². The Morgan fingerprint density at radius 2 is 1.54 bits per heavy atom. The lowest BCUT2D eigenvalue weighted by Gasteiger charge is -2.19. The van der Waals surface area contributed by atoms with Gasteiger partial charge in [0.05, 0.1) is 13.2 Å². The van der Waals surface area contributed by atoms with Gasteiger partial charge in [0.2, 0.25) is 0 Å². The fourth-order valence-corrected chi connectivity index (χ4v) is 2.77. The molecule has 1 unspecified atom stereocenters. The summed E-state index contributed by atoms with van der Waals surface area (Å²) >= 11 is 0. The van der Waals surface area contributed by atoms with Crippen LogP contribution in [0.4, 0.5) is 0 Å². The van der Waals surface area contributed by atoms with E-state index in [1.807, 2.05) is 6.92 Å². The van der Waals surface area contributed by atoms with Crippen LogP contribution in [0.1, 0.15) is 72.1 Å². The van der Waals surface area contributed by atoms with Crippen molar-refractivity contribution in [1.29, 1.82) is 0 Å². The lowest BCUT2D eigenvalue weighted by Crippen LogP contribution is -2.29. The van der Waals surface area contributed by atoms with E-state index < -0.39 is 32.5 Å². The maximum atomic E-state index is 11.8. The van der Waals surface area contributed by atoms with Crippen LogP contribution in [0.5, 0.6) is 0 Å². The molecule has 0 aliphatic heterocycles. The SMILES string of the molecule is CCCCCCC(=O)OC[C@H](COP(=O)(O)OCC)OC(=O)CCCC. The van der Waals surface area contributed by atoms with Gasteiger partial charge in [0.15, 0.2) is 6.10 Å². The third-order valence-electron chi connectivity index (χ3n) is 3.41. The quantitative estimate of drug-likeness (QED) is 0.239. The van der Waals surface area contributed by atoms with Gasteiger partial charge < -0.3 is 14.4 Å². The van der Waals surface area contributed by atoms with Gasteiger partial charge >= 0.3 is 19.8 Å². The van der Waals surface area contributed by atoms with Crippen LogP contribution in [-0.4, -0.2) is 42.8 Å². The van der Waals surface area contributed by atoms with Gasteiger partial charge in [0.25, 0.3) is 0 Å². The molecule has 0 aliphatic rings. The Hall–Kier alpha value is -0.950. The molecule has 0 aromatic carbocycles. The molecule has 0 spiro atoms. The summed E-state index contributed by atoms with van der Waals surface area (Å²) in [5.41, 5.74) is 0. The first-order valence-corrected chi connectivity index (χ1v) is 10.8. The number of phosphoric acid groups is 1. The fourth-order valence-electron chi connectivity index (χ4n) is 2.01. The van der Waals surface area contributed by atoms with Crippen molar-refractivity contribution in [3.8, 4) is 0 Å². The first-order valence-electron chi connectivity index (χ1n) is 9.31. The minimum atomic E-state index is -4.22. The molecule has 0 aromatic heterocycles. The Balaban J connectivity index is 4.45. The Morgan fingerprint density at radius 3 is 2.15 bits per heavy atom. The minimum absolute atomic E-state index is 0.00147. The van der Waals surface area contributed by atoms with Crippen molar-refractivity contribution >= 4 is 19.8 Å². The Labute approximate surface area is 156 Å². The van der Waals surface area contributed by atoms with Gasteiger partial charge in [-0.2, -0.15) is 0 Å². The number of carbonyl (C=O) groups excluding carboxylic acids is 2. The van der Waals surface area contributed by atoms with Crippen LogP contribution in [0, 0.1) is 0 Å². The van der Waals surface area contributed by atoms with Crippen molar-refractivity contribution in [2.45, 2.75) is 78.2 Å². The number of esters is 2. The van der Waals surface area contributed by atoms with E-state index in [4.69, 9.17) is 14.0 Å². The number of carbonyl (C=O) groups is 2. The van der Waals surface area contributed by atoms with Gasteiger partial charge in [-0.05, 0) is 19.8 Å². The van der Waals surface area contributed by atoms with Crippen LogP contribution >= 0.6 is 7.82 Å². The molecule has 8 nitrogen and oxygen atoms in total. The van der Waals surface area contributed by atoms with E-state index in [1.54, 1.807) is 6.92 Å². The van der Waals surface area contributed by atoms with Crippen molar-refractivity contribution in [3.63, 3.8) is 0 Å². The van der Waals surface area contributed by atoms with E-state index >= 15 is 0 Å². The highest BCUT2D eigenvalue weighted by molar-refractivity contribution is 7.47.